The van der Waals surface area contributed by atoms with E-state index >= 15 is 0 Å². The quantitative estimate of drug-likeness (QED) is 0.141. The van der Waals surface area contributed by atoms with Gasteiger partial charge in [-0.15, -0.1) is 0 Å². The fourth-order valence-corrected chi connectivity index (χ4v) is 6.07. The molecule has 1 unspecified atom stereocenters. The normalized spacial score (nSPS) is 13.9. The molecule has 8 heteroatoms. The fourth-order valence-electron chi connectivity index (χ4n) is 6.07. The summed E-state index contributed by atoms with van der Waals surface area (Å²) in [7, 11) is 3.36. The van der Waals surface area contributed by atoms with Crippen molar-refractivity contribution >= 4 is 11.9 Å². The van der Waals surface area contributed by atoms with E-state index in [4.69, 9.17) is 14.5 Å². The van der Waals surface area contributed by atoms with Gasteiger partial charge in [-0.2, -0.15) is 0 Å². The number of hydrogen-bond acceptors (Lipinski definition) is 7. The van der Waals surface area contributed by atoms with Crippen molar-refractivity contribution in [3.63, 3.8) is 0 Å². The molecule has 0 spiro atoms. The summed E-state index contributed by atoms with van der Waals surface area (Å²) >= 11 is 0. The SMILES string of the molecule is COc1c(C(C)(C)C)cc(C(O)(c2cc(C(C)(C)C)c(OC)c(C(C)(C)C)c2)C(C)N=Cc2cc([N+](=O)[O-])ccc2O)cc1C(C)(C)C. The Hall–Kier alpha value is -3.91. The minimum atomic E-state index is -1.70. The van der Waals surface area contributed by atoms with Crippen LogP contribution in [0.3, 0.4) is 0 Å². The summed E-state index contributed by atoms with van der Waals surface area (Å²) in [6, 6.07) is 11.0. The Morgan fingerprint density at radius 1 is 0.708 bits per heavy atom. The molecule has 0 aliphatic carbocycles. The lowest BCUT2D eigenvalue weighted by molar-refractivity contribution is -0.384. The van der Waals surface area contributed by atoms with Crippen molar-refractivity contribution in [1.29, 1.82) is 0 Å². The van der Waals surface area contributed by atoms with Crippen LogP contribution in [0.25, 0.3) is 0 Å². The number of nitro benzene ring substituents is 1. The van der Waals surface area contributed by atoms with Crippen molar-refractivity contribution in [2.24, 2.45) is 4.99 Å². The van der Waals surface area contributed by atoms with Gasteiger partial charge in [-0.3, -0.25) is 15.1 Å². The predicted octanol–water partition coefficient (Wildman–Crippen LogP) is 9.25. The molecule has 0 radical (unpaired) electrons. The Labute approximate surface area is 287 Å². The lowest BCUT2D eigenvalue weighted by atomic mass is 9.71. The van der Waals surface area contributed by atoms with Crippen molar-refractivity contribution in [2.75, 3.05) is 14.2 Å². The average Bonchev–Trinajstić information content (AvgIpc) is 2.96. The molecule has 8 nitrogen and oxygen atoms in total. The Morgan fingerprint density at radius 2 is 1.06 bits per heavy atom. The molecule has 3 aromatic rings. The predicted molar refractivity (Wildman–Crippen MR) is 196 cm³/mol. The number of non-ortho nitro benzene ring substituents is 1. The van der Waals surface area contributed by atoms with Crippen LogP contribution < -0.4 is 9.47 Å². The van der Waals surface area contributed by atoms with Crippen molar-refractivity contribution in [1.82, 2.24) is 0 Å². The van der Waals surface area contributed by atoms with Crippen LogP contribution in [0.5, 0.6) is 17.2 Å². The molecule has 0 amide bonds. The zero-order chi connectivity index (χ0) is 36.8. The van der Waals surface area contributed by atoms with E-state index < -0.39 is 16.6 Å². The minimum absolute atomic E-state index is 0.149. The van der Waals surface area contributed by atoms with Gasteiger partial charge in [0, 0.05) is 46.2 Å². The number of phenolic OH excluding ortho intramolecular Hbond substituents is 1. The zero-order valence-electron chi connectivity index (χ0n) is 31.6. The van der Waals surface area contributed by atoms with Crippen molar-refractivity contribution in [3.05, 3.63) is 91.5 Å². The molecule has 0 saturated carbocycles. The van der Waals surface area contributed by atoms with Crippen LogP contribution in [0.2, 0.25) is 0 Å². The standard InChI is InChI=1S/C40H56N2O6/c1-24(41-23-25-18-28(42(45)46)16-17-33(25)43)40(44,26-19-29(36(2,3)4)34(47-14)30(20-26)37(5,6)7)27-21-31(38(8,9)10)35(48-15)32(22-27)39(11,12)13/h16-24,43-44H,1-15H3. The third-order valence-electron chi connectivity index (χ3n) is 8.96. The van der Waals surface area contributed by atoms with Crippen LogP contribution in [0, 0.1) is 10.1 Å². The van der Waals surface area contributed by atoms with E-state index in [1.54, 1.807) is 14.2 Å². The van der Waals surface area contributed by atoms with Crippen LogP contribution in [0.1, 0.15) is 129 Å². The van der Waals surface area contributed by atoms with Gasteiger partial charge in [-0.05, 0) is 70.0 Å². The Bertz CT molecular complexity index is 1540. The molecule has 0 heterocycles. The molecular weight excluding hydrogens is 604 g/mol. The van der Waals surface area contributed by atoms with Crippen molar-refractivity contribution < 1.29 is 24.6 Å². The van der Waals surface area contributed by atoms with Gasteiger partial charge >= 0.3 is 0 Å². The number of phenols is 1. The lowest BCUT2D eigenvalue weighted by Crippen LogP contribution is -2.39. The summed E-state index contributed by atoms with van der Waals surface area (Å²) in [4.78, 5) is 15.8. The monoisotopic (exact) mass is 660 g/mol. The maximum atomic E-state index is 13.4. The van der Waals surface area contributed by atoms with Crippen LogP contribution in [-0.4, -0.2) is 41.6 Å². The molecule has 0 saturated heterocycles. The molecule has 262 valence electrons. The van der Waals surface area contributed by atoms with Gasteiger partial charge in [0.25, 0.3) is 5.69 Å². The van der Waals surface area contributed by atoms with E-state index in [2.05, 4.69) is 83.1 Å². The first-order valence-corrected chi connectivity index (χ1v) is 16.5. The van der Waals surface area contributed by atoms with E-state index in [1.807, 2.05) is 31.2 Å². The molecule has 1 atom stereocenters. The first-order chi connectivity index (χ1) is 21.8. The number of ether oxygens (including phenoxy) is 2. The molecule has 0 bridgehead atoms. The number of hydrogen-bond donors (Lipinski definition) is 2. The second-order valence-corrected chi connectivity index (χ2v) is 16.9. The number of nitrogens with zero attached hydrogens (tertiary/aromatic N) is 2. The summed E-state index contributed by atoms with van der Waals surface area (Å²) in [5.74, 6) is 1.41. The number of methoxy groups -OCH3 is 2. The summed E-state index contributed by atoms with van der Waals surface area (Å²) in [6.07, 6.45) is 1.40. The van der Waals surface area contributed by atoms with Gasteiger partial charge in [0.2, 0.25) is 0 Å². The van der Waals surface area contributed by atoms with Crippen LogP contribution in [0.4, 0.5) is 5.69 Å². The van der Waals surface area contributed by atoms with E-state index in [0.29, 0.717) is 11.1 Å². The molecule has 2 N–H and O–H groups in total. The molecule has 3 rings (SSSR count). The van der Waals surface area contributed by atoms with Gasteiger partial charge in [-0.25, -0.2) is 0 Å². The molecule has 0 aliphatic heterocycles. The maximum absolute atomic E-state index is 13.4. The molecule has 0 aliphatic rings. The average molecular weight is 661 g/mol. The van der Waals surface area contributed by atoms with Crippen LogP contribution in [0.15, 0.2) is 47.5 Å². The van der Waals surface area contributed by atoms with Crippen LogP contribution in [-0.2, 0) is 27.3 Å². The molecule has 0 aromatic heterocycles. The van der Waals surface area contributed by atoms with E-state index in [-0.39, 0.29) is 38.7 Å². The topological polar surface area (TPSA) is 114 Å². The third kappa shape index (κ3) is 7.70. The Morgan fingerprint density at radius 3 is 1.35 bits per heavy atom. The van der Waals surface area contributed by atoms with E-state index in [9.17, 15) is 20.3 Å². The number of rotatable bonds is 8. The number of aromatic hydroxyl groups is 1. The molecule has 3 aromatic carbocycles. The largest absolute Gasteiger partial charge is 0.507 e. The maximum Gasteiger partial charge on any atom is 0.270 e. The lowest BCUT2D eigenvalue weighted by Gasteiger charge is -2.39. The second-order valence-electron chi connectivity index (χ2n) is 16.9. The summed E-state index contributed by atoms with van der Waals surface area (Å²) in [6.45, 7) is 27.3. The first kappa shape index (κ1) is 38.5. The highest BCUT2D eigenvalue weighted by atomic mass is 16.6. The highest BCUT2D eigenvalue weighted by Crippen LogP contribution is 2.48. The minimum Gasteiger partial charge on any atom is -0.507 e. The number of aliphatic imine (C=N–C) groups is 1. The van der Waals surface area contributed by atoms with Gasteiger partial charge in [0.15, 0.2) is 0 Å². The molecule has 48 heavy (non-hydrogen) atoms. The van der Waals surface area contributed by atoms with Gasteiger partial charge in [0.1, 0.15) is 22.8 Å². The Balaban J connectivity index is 2.57. The Kier molecular flexibility index (Phi) is 10.6. The second kappa shape index (κ2) is 13.2. The highest BCUT2D eigenvalue weighted by molar-refractivity contribution is 5.84. The highest BCUT2D eigenvalue weighted by Gasteiger charge is 2.43. The van der Waals surface area contributed by atoms with E-state index in [0.717, 1.165) is 33.8 Å². The zero-order valence-corrected chi connectivity index (χ0v) is 31.6. The summed E-state index contributed by atoms with van der Waals surface area (Å²) in [5, 5.41) is 35.5. The molecule has 0 fully saturated rings. The molecular formula is C40H56N2O6. The van der Waals surface area contributed by atoms with Gasteiger partial charge < -0.3 is 19.7 Å². The number of nitro groups is 1. The first-order valence-electron chi connectivity index (χ1n) is 16.5. The van der Waals surface area contributed by atoms with Gasteiger partial charge in [-0.1, -0.05) is 83.1 Å². The fraction of sp³-hybridized carbons (Fsp3) is 0.525. The number of aliphatic hydroxyl groups is 1. The number of benzene rings is 3. The summed E-state index contributed by atoms with van der Waals surface area (Å²) < 4.78 is 12.1. The van der Waals surface area contributed by atoms with Crippen LogP contribution >= 0.6 is 0 Å². The third-order valence-corrected chi connectivity index (χ3v) is 8.96. The van der Waals surface area contributed by atoms with E-state index in [1.165, 1.54) is 24.4 Å². The van der Waals surface area contributed by atoms with Crippen molar-refractivity contribution in [2.45, 2.75) is 123 Å². The summed E-state index contributed by atoms with van der Waals surface area (Å²) in [5.41, 5.74) is 2.00. The smallest absolute Gasteiger partial charge is 0.270 e. The van der Waals surface area contributed by atoms with Gasteiger partial charge in [0.05, 0.1) is 25.2 Å². The van der Waals surface area contributed by atoms with Crippen molar-refractivity contribution in [3.8, 4) is 17.2 Å².